The highest BCUT2D eigenvalue weighted by molar-refractivity contribution is 5.17. The summed E-state index contributed by atoms with van der Waals surface area (Å²) < 4.78 is 0. The average Bonchev–Trinajstić information content (AvgIpc) is 2.62. The maximum absolute atomic E-state index is 3.59. The van der Waals surface area contributed by atoms with Crippen molar-refractivity contribution in [2.24, 2.45) is 0 Å². The minimum Gasteiger partial charge on any atom is -0.126 e. The van der Waals surface area contributed by atoms with Crippen molar-refractivity contribution in [2.75, 3.05) is 0 Å². The summed E-state index contributed by atoms with van der Waals surface area (Å²) in [5.74, 6) is 0. The highest BCUT2D eigenvalue weighted by Crippen LogP contribution is 2.14. The van der Waals surface area contributed by atoms with E-state index in [1.165, 1.54) is 36.0 Å². The molecule has 0 amide bonds. The zero-order valence-corrected chi connectivity index (χ0v) is 14.3. The van der Waals surface area contributed by atoms with Crippen LogP contribution in [0.1, 0.15) is 50.2 Å². The molecular formula is C23H28. The number of hydrogen-bond acceptors (Lipinski definition) is 0. The fraction of sp³-hybridized carbons (Fsp3) is 0.348. The van der Waals surface area contributed by atoms with E-state index in [1.54, 1.807) is 0 Å². The number of rotatable bonds is 9. The minimum atomic E-state index is 1.07. The quantitative estimate of drug-likeness (QED) is 0.462. The molecule has 0 aliphatic carbocycles. The first-order valence-electron chi connectivity index (χ1n) is 8.89. The van der Waals surface area contributed by atoms with Crippen LogP contribution >= 0.6 is 0 Å². The predicted octanol–water partition coefficient (Wildman–Crippen LogP) is 6.52. The summed E-state index contributed by atoms with van der Waals surface area (Å²) in [7, 11) is 0. The lowest BCUT2D eigenvalue weighted by Gasteiger charge is -2.05. The maximum Gasteiger partial charge on any atom is -0.0203 e. The number of unbranched alkanes of at least 4 members (excludes halogenated alkanes) is 1. The molecule has 0 heterocycles. The van der Waals surface area contributed by atoms with E-state index in [-0.39, 0.29) is 0 Å². The second-order valence-electron chi connectivity index (χ2n) is 6.07. The molecule has 0 saturated carbocycles. The molecule has 0 nitrogen and oxygen atoms in total. The predicted molar refractivity (Wildman–Crippen MR) is 101 cm³/mol. The molecule has 0 aromatic heterocycles. The first-order valence-corrected chi connectivity index (χ1v) is 8.89. The minimum absolute atomic E-state index is 1.07. The van der Waals surface area contributed by atoms with Gasteiger partial charge in [-0.05, 0) is 61.3 Å². The van der Waals surface area contributed by atoms with Crippen molar-refractivity contribution in [3.05, 3.63) is 89.2 Å². The molecular weight excluding hydrogens is 276 g/mol. The van der Waals surface area contributed by atoms with Gasteiger partial charge in [0.15, 0.2) is 0 Å². The highest BCUT2D eigenvalue weighted by atomic mass is 14.0. The summed E-state index contributed by atoms with van der Waals surface area (Å²) in [6.07, 6.45) is 10.4. The van der Waals surface area contributed by atoms with Crippen LogP contribution in [-0.2, 0) is 12.8 Å². The van der Waals surface area contributed by atoms with Gasteiger partial charge in [-0.15, -0.1) is 5.73 Å². The van der Waals surface area contributed by atoms with E-state index in [0.717, 1.165) is 25.7 Å². The first kappa shape index (κ1) is 17.3. The molecule has 0 spiro atoms. The molecule has 0 unspecified atom stereocenters. The molecule has 0 aliphatic heterocycles. The molecule has 0 heteroatoms. The fourth-order valence-electron chi connectivity index (χ4n) is 2.70. The van der Waals surface area contributed by atoms with E-state index < -0.39 is 0 Å². The first-order chi connectivity index (χ1) is 11.4. The van der Waals surface area contributed by atoms with Gasteiger partial charge in [-0.3, -0.25) is 0 Å². The van der Waals surface area contributed by atoms with Crippen molar-refractivity contribution in [3.8, 4) is 0 Å². The lowest BCUT2D eigenvalue weighted by atomic mass is 10.0. The Bertz CT molecular complexity index is 601. The molecule has 2 rings (SSSR count). The largest absolute Gasteiger partial charge is 0.126 e. The number of benzene rings is 2. The second kappa shape index (κ2) is 10.6. The monoisotopic (exact) mass is 304 g/mol. The van der Waals surface area contributed by atoms with E-state index in [9.17, 15) is 0 Å². The van der Waals surface area contributed by atoms with Crippen molar-refractivity contribution < 1.29 is 0 Å². The van der Waals surface area contributed by atoms with Gasteiger partial charge in [-0.2, -0.15) is 0 Å². The smallest absolute Gasteiger partial charge is 0.0203 e. The van der Waals surface area contributed by atoms with Crippen molar-refractivity contribution in [1.82, 2.24) is 0 Å². The Labute approximate surface area is 141 Å². The van der Waals surface area contributed by atoms with Crippen LogP contribution in [-0.4, -0.2) is 0 Å². The van der Waals surface area contributed by atoms with E-state index >= 15 is 0 Å². The summed E-state index contributed by atoms with van der Waals surface area (Å²) in [6, 6.07) is 21.5. The number of allylic oxidation sites excluding steroid dienone is 1. The Kier molecular flexibility index (Phi) is 8.02. The molecule has 2 aromatic rings. The lowest BCUT2D eigenvalue weighted by Crippen LogP contribution is -1.89. The lowest BCUT2D eigenvalue weighted by molar-refractivity contribution is 0.750. The van der Waals surface area contributed by atoms with Crippen LogP contribution in [0.25, 0.3) is 0 Å². The van der Waals surface area contributed by atoms with Crippen LogP contribution in [0.4, 0.5) is 0 Å². The standard InChI is InChI=1S/C23H28/c1-2-3-12-22(19-20-23-15-8-5-9-16-23)18-11-10-17-21-13-6-4-7-14-21/h4-9,11,13-16H,2-3,10,12,17,19-20H2,1H3. The van der Waals surface area contributed by atoms with Crippen molar-refractivity contribution in [1.29, 1.82) is 0 Å². The molecule has 0 N–H and O–H groups in total. The average molecular weight is 304 g/mol. The second-order valence-corrected chi connectivity index (χ2v) is 6.07. The van der Waals surface area contributed by atoms with E-state index in [0.29, 0.717) is 0 Å². The molecule has 0 aliphatic rings. The molecule has 120 valence electrons. The molecule has 0 saturated heterocycles. The third-order valence-corrected chi connectivity index (χ3v) is 4.12. The van der Waals surface area contributed by atoms with Gasteiger partial charge >= 0.3 is 0 Å². The summed E-state index contributed by atoms with van der Waals surface area (Å²) in [4.78, 5) is 0. The maximum atomic E-state index is 3.59. The van der Waals surface area contributed by atoms with Crippen molar-refractivity contribution in [3.63, 3.8) is 0 Å². The van der Waals surface area contributed by atoms with Crippen molar-refractivity contribution in [2.45, 2.75) is 51.9 Å². The highest BCUT2D eigenvalue weighted by Gasteiger charge is 1.98. The Morgan fingerprint density at radius 3 is 2.04 bits per heavy atom. The zero-order chi connectivity index (χ0) is 16.2. The molecule has 0 radical (unpaired) electrons. The van der Waals surface area contributed by atoms with Crippen LogP contribution < -0.4 is 0 Å². The van der Waals surface area contributed by atoms with Crippen LogP contribution in [0.5, 0.6) is 0 Å². The summed E-state index contributed by atoms with van der Waals surface area (Å²) >= 11 is 0. The molecule has 0 fully saturated rings. The molecule has 0 bridgehead atoms. The Hall–Kier alpha value is -2.04. The third-order valence-electron chi connectivity index (χ3n) is 4.12. The van der Waals surface area contributed by atoms with Gasteiger partial charge in [0.1, 0.15) is 0 Å². The van der Waals surface area contributed by atoms with E-state index in [4.69, 9.17) is 0 Å². The van der Waals surface area contributed by atoms with Crippen LogP contribution in [0.15, 0.2) is 78.0 Å². The fourth-order valence-corrected chi connectivity index (χ4v) is 2.70. The Morgan fingerprint density at radius 1 is 0.826 bits per heavy atom. The van der Waals surface area contributed by atoms with Gasteiger partial charge in [0, 0.05) is 0 Å². The molecule has 2 aromatic carbocycles. The van der Waals surface area contributed by atoms with Gasteiger partial charge < -0.3 is 0 Å². The van der Waals surface area contributed by atoms with Gasteiger partial charge in [-0.1, -0.05) is 74.0 Å². The van der Waals surface area contributed by atoms with Crippen molar-refractivity contribution >= 4 is 0 Å². The molecule has 23 heavy (non-hydrogen) atoms. The van der Waals surface area contributed by atoms with E-state index in [2.05, 4.69) is 79.4 Å². The van der Waals surface area contributed by atoms with Gasteiger partial charge in [0.2, 0.25) is 0 Å². The normalized spacial score (nSPS) is 10.1. The third kappa shape index (κ3) is 7.17. The summed E-state index contributed by atoms with van der Waals surface area (Å²) in [5, 5.41) is 0. The SMILES string of the molecule is CCCCC(=C=CCCc1ccccc1)CCc1ccccc1. The van der Waals surface area contributed by atoms with Gasteiger partial charge in [-0.25, -0.2) is 0 Å². The van der Waals surface area contributed by atoms with Gasteiger partial charge in [0.25, 0.3) is 0 Å². The zero-order valence-electron chi connectivity index (χ0n) is 14.3. The van der Waals surface area contributed by atoms with E-state index in [1.807, 2.05) is 0 Å². The van der Waals surface area contributed by atoms with Crippen LogP contribution in [0.3, 0.4) is 0 Å². The van der Waals surface area contributed by atoms with Crippen LogP contribution in [0.2, 0.25) is 0 Å². The van der Waals surface area contributed by atoms with Gasteiger partial charge in [0.05, 0.1) is 0 Å². The van der Waals surface area contributed by atoms with Crippen LogP contribution in [0, 0.1) is 0 Å². The number of aryl methyl sites for hydroxylation is 2. The molecule has 0 atom stereocenters. The Morgan fingerprint density at radius 2 is 1.43 bits per heavy atom. The summed E-state index contributed by atoms with van der Waals surface area (Å²) in [5.41, 5.74) is 7.89. The topological polar surface area (TPSA) is 0 Å². The Balaban J connectivity index is 1.89. The summed E-state index contributed by atoms with van der Waals surface area (Å²) in [6.45, 7) is 2.26. The number of hydrogen-bond donors (Lipinski definition) is 0.